The second-order valence-corrected chi connectivity index (χ2v) is 12.4. The number of hydrogen-bond acceptors (Lipinski definition) is 6. The Morgan fingerprint density at radius 1 is 0.925 bits per heavy atom. The number of nitrogens with zero attached hydrogens (tertiary/aromatic N) is 1. The van der Waals surface area contributed by atoms with Crippen LogP contribution in [-0.4, -0.2) is 54.1 Å². The van der Waals surface area contributed by atoms with E-state index in [-0.39, 0.29) is 24.3 Å². The number of hydrogen-bond donors (Lipinski definition) is 2. The molecule has 1 atom stereocenters. The van der Waals surface area contributed by atoms with Gasteiger partial charge in [-0.25, -0.2) is 8.42 Å². The van der Waals surface area contributed by atoms with Crippen molar-refractivity contribution in [3.63, 3.8) is 0 Å². The summed E-state index contributed by atoms with van der Waals surface area (Å²) in [7, 11) is -5.86. The lowest BCUT2D eigenvalue weighted by Gasteiger charge is -2.22. The van der Waals surface area contributed by atoms with Gasteiger partial charge in [-0.15, -0.1) is 0 Å². The zero-order chi connectivity index (χ0) is 30.8. The second-order valence-electron chi connectivity index (χ2n) is 9.29. The summed E-state index contributed by atoms with van der Waals surface area (Å²) in [5.41, 5.74) is -8.69. The van der Waals surface area contributed by atoms with E-state index in [2.05, 4.69) is 5.32 Å². The highest BCUT2D eigenvalue weighted by Gasteiger charge is 2.56. The third-order valence-corrected chi connectivity index (χ3v) is 8.52. The molecule has 1 rings (SSSR count). The number of halogens is 8. The van der Waals surface area contributed by atoms with Crippen LogP contribution in [0.25, 0.3) is 0 Å². The van der Waals surface area contributed by atoms with Crippen molar-refractivity contribution in [3.05, 3.63) is 23.8 Å². The molecule has 40 heavy (non-hydrogen) atoms. The lowest BCUT2D eigenvalue weighted by Crippen LogP contribution is -2.40. The molecule has 0 bridgehead atoms. The molecule has 0 radical (unpaired) electrons. The zero-order valence-electron chi connectivity index (χ0n) is 21.5. The number of carbonyl (C=O) groups is 1. The Morgan fingerprint density at radius 2 is 1.48 bits per heavy atom. The van der Waals surface area contributed by atoms with Crippen molar-refractivity contribution in [2.24, 2.45) is 0 Å². The van der Waals surface area contributed by atoms with Crippen molar-refractivity contribution in [1.82, 2.24) is 0 Å². The third-order valence-electron chi connectivity index (χ3n) is 5.84. The number of nitrogens with one attached hydrogen (secondary N) is 1. The van der Waals surface area contributed by atoms with E-state index in [1.54, 1.807) is 0 Å². The fourth-order valence-electron chi connectivity index (χ4n) is 3.44. The van der Waals surface area contributed by atoms with Crippen molar-refractivity contribution in [2.45, 2.75) is 92.8 Å². The van der Waals surface area contributed by atoms with E-state index < -0.39 is 55.8 Å². The Hall–Kier alpha value is -2.12. The first-order valence-corrected chi connectivity index (χ1v) is 14.8. The number of aliphatic hydroxyl groups is 1. The largest absolute Gasteiger partial charge is 0.501 e. The molecule has 0 saturated heterocycles. The van der Waals surface area contributed by atoms with Crippen LogP contribution in [0.5, 0.6) is 0 Å². The fraction of sp³-hybridized carbons (Fsp3) is 0.667. The lowest BCUT2D eigenvalue weighted by molar-refractivity contribution is -0.284. The van der Waals surface area contributed by atoms with Crippen LogP contribution in [0.4, 0.5) is 40.8 Å². The Balaban J connectivity index is 2.38. The van der Waals surface area contributed by atoms with Gasteiger partial charge in [0, 0.05) is 12.1 Å². The first kappa shape index (κ1) is 35.9. The van der Waals surface area contributed by atoms with Gasteiger partial charge >= 0.3 is 17.6 Å². The van der Waals surface area contributed by atoms with E-state index in [1.807, 2.05) is 0 Å². The maximum atomic E-state index is 12.9. The summed E-state index contributed by atoms with van der Waals surface area (Å²) in [4.78, 5) is 11.1. The number of sulfone groups is 1. The van der Waals surface area contributed by atoms with Crippen LogP contribution in [0.15, 0.2) is 23.1 Å². The minimum Gasteiger partial charge on any atom is -0.380 e. The average molecular weight is 627 g/mol. The summed E-state index contributed by atoms with van der Waals surface area (Å²) >= 11 is 1.30. The zero-order valence-corrected chi connectivity index (χ0v) is 23.1. The summed E-state index contributed by atoms with van der Waals surface area (Å²) in [6.45, 7) is 1.20. The number of benzene rings is 1. The molecule has 1 aromatic carbocycles. The van der Waals surface area contributed by atoms with Crippen molar-refractivity contribution in [1.29, 1.82) is 5.26 Å². The molecule has 0 aliphatic heterocycles. The molecule has 6 nitrogen and oxygen atoms in total. The van der Waals surface area contributed by atoms with Crippen LogP contribution in [0, 0.1) is 11.3 Å². The third kappa shape index (κ3) is 10.7. The molecule has 228 valence electrons. The number of unbranched alkanes of at least 4 members (excludes halogenated alkanes) is 5. The molecule has 0 spiro atoms. The highest BCUT2D eigenvalue weighted by atomic mass is 32.2. The Morgan fingerprint density at radius 3 is 2.02 bits per heavy atom. The standard InChI is InChI=1S/C24H30F8N2O4S2/c1-21(36,11-6-4-2-3-5-7-13-39-14-8-12-22(25,26)23(27,28)29)20(35)34-18-10-9-17(16-33)19(15-18)40(37,38)24(30,31)32/h9-10,15,36H,2-8,11-14H2,1H3,(H,34,35)/t21-/m0/s1. The topological polar surface area (TPSA) is 107 Å². The SMILES string of the molecule is C[C@](O)(CCCCCCCCSCCCC(F)(F)C(F)(F)F)C(=O)Nc1ccc(C#N)c(S(=O)(=O)C(F)(F)F)c1. The van der Waals surface area contributed by atoms with E-state index in [1.165, 1.54) is 24.8 Å². The molecule has 0 aliphatic rings. The minimum atomic E-state index is -5.86. The van der Waals surface area contributed by atoms with Crippen LogP contribution in [0.3, 0.4) is 0 Å². The van der Waals surface area contributed by atoms with Gasteiger partial charge in [0.05, 0.1) is 10.5 Å². The van der Waals surface area contributed by atoms with E-state index >= 15 is 0 Å². The smallest absolute Gasteiger partial charge is 0.380 e. The van der Waals surface area contributed by atoms with Crippen molar-refractivity contribution in [2.75, 3.05) is 16.8 Å². The second kappa shape index (κ2) is 14.7. The first-order chi connectivity index (χ1) is 18.3. The number of alkyl halides is 8. The highest BCUT2D eigenvalue weighted by Crippen LogP contribution is 2.39. The van der Waals surface area contributed by atoms with E-state index in [0.717, 1.165) is 37.8 Å². The Bertz CT molecular complexity index is 1130. The van der Waals surface area contributed by atoms with Gasteiger partial charge in [-0.05, 0) is 55.9 Å². The number of nitriles is 1. The highest BCUT2D eigenvalue weighted by molar-refractivity contribution is 7.99. The van der Waals surface area contributed by atoms with E-state index in [4.69, 9.17) is 5.26 Å². The van der Waals surface area contributed by atoms with Crippen LogP contribution in [0.2, 0.25) is 0 Å². The first-order valence-electron chi connectivity index (χ1n) is 12.2. The van der Waals surface area contributed by atoms with Gasteiger partial charge in [0.2, 0.25) is 0 Å². The molecule has 0 unspecified atom stereocenters. The summed E-state index contributed by atoms with van der Waals surface area (Å²) < 4.78 is 124. The van der Waals surface area contributed by atoms with Crippen molar-refractivity contribution in [3.8, 4) is 6.07 Å². The number of thioether (sulfide) groups is 1. The van der Waals surface area contributed by atoms with Gasteiger partial charge in [0.25, 0.3) is 15.7 Å². The fourth-order valence-corrected chi connectivity index (χ4v) is 5.33. The van der Waals surface area contributed by atoms with E-state index in [0.29, 0.717) is 24.7 Å². The molecule has 2 N–H and O–H groups in total. The van der Waals surface area contributed by atoms with Gasteiger partial charge in [-0.3, -0.25) is 4.79 Å². The summed E-state index contributed by atoms with van der Waals surface area (Å²) in [5, 5.41) is 21.6. The number of anilines is 1. The van der Waals surface area contributed by atoms with Gasteiger partial charge in [-0.2, -0.15) is 52.1 Å². The van der Waals surface area contributed by atoms with Crippen molar-refractivity contribution >= 4 is 33.2 Å². The molecule has 0 fully saturated rings. The minimum absolute atomic E-state index is 0.00122. The predicted molar refractivity (Wildman–Crippen MR) is 134 cm³/mol. The lowest BCUT2D eigenvalue weighted by atomic mass is 9.96. The van der Waals surface area contributed by atoms with Gasteiger partial charge in [0.1, 0.15) is 11.7 Å². The number of carbonyl (C=O) groups excluding carboxylic acids is 1. The molecule has 0 aliphatic carbocycles. The molecule has 0 saturated carbocycles. The average Bonchev–Trinajstić information content (AvgIpc) is 2.83. The van der Waals surface area contributed by atoms with Crippen LogP contribution in [-0.2, 0) is 14.6 Å². The quantitative estimate of drug-likeness (QED) is 0.151. The Labute approximate surface area is 231 Å². The molecule has 1 amide bonds. The van der Waals surface area contributed by atoms with E-state index in [9.17, 15) is 53.4 Å². The van der Waals surface area contributed by atoms with Gasteiger partial charge in [-0.1, -0.05) is 32.1 Å². The predicted octanol–water partition coefficient (Wildman–Crippen LogP) is 6.98. The maximum absolute atomic E-state index is 12.9. The maximum Gasteiger partial charge on any atom is 0.501 e. The molecule has 0 aromatic heterocycles. The number of amides is 1. The Kier molecular flexibility index (Phi) is 13.2. The normalized spacial score (nSPS) is 14.4. The number of rotatable bonds is 16. The van der Waals surface area contributed by atoms with Crippen LogP contribution < -0.4 is 5.32 Å². The molecule has 16 heteroatoms. The summed E-state index contributed by atoms with van der Waals surface area (Å²) in [5.74, 6) is -4.83. The molecular weight excluding hydrogens is 596 g/mol. The van der Waals surface area contributed by atoms with Gasteiger partial charge < -0.3 is 10.4 Å². The summed E-state index contributed by atoms with van der Waals surface area (Å²) in [6, 6.07) is 3.71. The van der Waals surface area contributed by atoms with Crippen molar-refractivity contribution < 1.29 is 53.4 Å². The summed E-state index contributed by atoms with van der Waals surface area (Å²) in [6.07, 6.45) is -2.88. The monoisotopic (exact) mass is 626 g/mol. The molecule has 0 heterocycles. The van der Waals surface area contributed by atoms with Crippen LogP contribution in [0.1, 0.15) is 70.3 Å². The molecule has 1 aromatic rings. The molecular formula is C24H30F8N2O4S2. The van der Waals surface area contributed by atoms with Gasteiger partial charge in [0.15, 0.2) is 0 Å². The van der Waals surface area contributed by atoms with Crippen LogP contribution >= 0.6 is 11.8 Å².